The van der Waals surface area contributed by atoms with Crippen LogP contribution in [0.15, 0.2) is 46.9 Å². The topological polar surface area (TPSA) is 38.3 Å². The molecule has 3 nitrogen and oxygen atoms in total. The molecule has 1 amide bonds. The van der Waals surface area contributed by atoms with Gasteiger partial charge in [-0.25, -0.2) is 4.39 Å². The predicted molar refractivity (Wildman–Crippen MR) is 96.4 cm³/mol. The number of benzene rings is 2. The first-order chi connectivity index (χ1) is 11.0. The van der Waals surface area contributed by atoms with Crippen LogP contribution in [0, 0.1) is 5.82 Å². The Bertz CT molecular complexity index is 722. The lowest BCUT2D eigenvalue weighted by atomic mass is 10.1. The number of nitrogens with one attached hydrogen (secondary N) is 1. The lowest BCUT2D eigenvalue weighted by molar-refractivity contribution is 0.102. The van der Waals surface area contributed by atoms with Gasteiger partial charge in [0.15, 0.2) is 5.05 Å². The summed E-state index contributed by atoms with van der Waals surface area (Å²) in [7, 11) is 0. The molecule has 0 saturated heterocycles. The highest BCUT2D eigenvalue weighted by molar-refractivity contribution is 9.10. The first kappa shape index (κ1) is 17.6. The van der Waals surface area contributed by atoms with Crippen molar-refractivity contribution in [1.29, 1.82) is 0 Å². The van der Waals surface area contributed by atoms with Gasteiger partial charge in [-0.3, -0.25) is 4.79 Å². The monoisotopic (exact) mass is 395 g/mol. The second kappa shape index (κ2) is 8.17. The number of carbonyl (C=O) groups is 1. The van der Waals surface area contributed by atoms with Crippen molar-refractivity contribution in [2.24, 2.45) is 0 Å². The average Bonchev–Trinajstić information content (AvgIpc) is 2.53. The number of ether oxygens (including phenoxy) is 1. The molecule has 0 aromatic heterocycles. The second-order valence-corrected chi connectivity index (χ2v) is 6.04. The van der Waals surface area contributed by atoms with Gasteiger partial charge >= 0.3 is 0 Å². The molecule has 23 heavy (non-hydrogen) atoms. The van der Waals surface area contributed by atoms with Crippen LogP contribution in [0.2, 0.25) is 0 Å². The van der Waals surface area contributed by atoms with Crippen LogP contribution in [0.5, 0.6) is 0 Å². The van der Waals surface area contributed by atoms with E-state index in [0.717, 1.165) is 5.56 Å². The quantitative estimate of drug-likeness (QED) is 0.742. The van der Waals surface area contributed by atoms with Gasteiger partial charge in [0.05, 0.1) is 12.3 Å². The highest BCUT2D eigenvalue weighted by Crippen LogP contribution is 2.26. The molecule has 2 rings (SSSR count). The Labute approximate surface area is 148 Å². The van der Waals surface area contributed by atoms with E-state index in [1.165, 1.54) is 6.07 Å². The molecule has 2 aromatic rings. The van der Waals surface area contributed by atoms with Crippen molar-refractivity contribution in [1.82, 2.24) is 0 Å². The van der Waals surface area contributed by atoms with Crippen LogP contribution in [-0.2, 0) is 11.2 Å². The summed E-state index contributed by atoms with van der Waals surface area (Å²) in [5.74, 6) is -0.891. The van der Waals surface area contributed by atoms with E-state index in [-0.39, 0.29) is 11.6 Å². The molecule has 0 atom stereocenters. The predicted octanol–water partition coefficient (Wildman–Crippen LogP) is 4.75. The number of anilines is 1. The van der Waals surface area contributed by atoms with E-state index in [4.69, 9.17) is 17.0 Å². The number of hydrogen-bond donors (Lipinski definition) is 1. The lowest BCUT2D eigenvalue weighted by Crippen LogP contribution is -2.14. The zero-order valence-corrected chi connectivity index (χ0v) is 14.8. The lowest BCUT2D eigenvalue weighted by Gasteiger charge is -2.12. The summed E-state index contributed by atoms with van der Waals surface area (Å²) in [4.78, 5) is 12.1. The van der Waals surface area contributed by atoms with E-state index < -0.39 is 5.82 Å². The van der Waals surface area contributed by atoms with Crippen molar-refractivity contribution in [2.75, 3.05) is 11.9 Å². The Morgan fingerprint density at radius 2 is 2.00 bits per heavy atom. The van der Waals surface area contributed by atoms with Crippen LogP contribution in [0.4, 0.5) is 10.1 Å². The molecule has 1 N–H and O–H groups in total. The number of halogens is 2. The molecule has 0 radical (unpaired) electrons. The van der Waals surface area contributed by atoms with Gasteiger partial charge in [-0.1, -0.05) is 34.1 Å². The Balaban J connectivity index is 2.21. The number of amides is 1. The first-order valence-corrected chi connectivity index (χ1v) is 8.21. The van der Waals surface area contributed by atoms with Gasteiger partial charge < -0.3 is 10.1 Å². The maximum atomic E-state index is 14.1. The summed E-state index contributed by atoms with van der Waals surface area (Å²) in [6.45, 7) is 2.33. The highest BCUT2D eigenvalue weighted by Gasteiger charge is 2.13. The Morgan fingerprint density at radius 1 is 1.30 bits per heavy atom. The molecule has 0 aliphatic rings. The van der Waals surface area contributed by atoms with E-state index in [1.54, 1.807) is 30.3 Å². The van der Waals surface area contributed by atoms with E-state index in [9.17, 15) is 9.18 Å². The molecule has 120 valence electrons. The zero-order valence-electron chi connectivity index (χ0n) is 12.4. The van der Waals surface area contributed by atoms with Gasteiger partial charge in [0, 0.05) is 16.5 Å². The molecular formula is C17H15BrFNO2S. The van der Waals surface area contributed by atoms with Crippen LogP contribution in [-0.4, -0.2) is 17.6 Å². The third-order valence-electron chi connectivity index (χ3n) is 3.06. The fraction of sp³-hybridized carbons (Fsp3) is 0.176. The maximum absolute atomic E-state index is 14.1. The number of thiocarbonyl (C=S) groups is 1. The fourth-order valence-corrected chi connectivity index (χ4v) is 2.71. The van der Waals surface area contributed by atoms with E-state index >= 15 is 0 Å². The third-order valence-corrected chi connectivity index (χ3v) is 4.06. The molecular weight excluding hydrogens is 381 g/mol. The summed E-state index contributed by atoms with van der Waals surface area (Å²) in [5.41, 5.74) is 1.31. The van der Waals surface area contributed by atoms with Crippen LogP contribution >= 0.6 is 28.1 Å². The van der Waals surface area contributed by atoms with Gasteiger partial charge in [-0.15, -0.1) is 0 Å². The molecule has 0 fully saturated rings. The van der Waals surface area contributed by atoms with Gasteiger partial charge in [-0.2, -0.15) is 0 Å². The number of rotatable bonds is 5. The molecule has 0 spiro atoms. The zero-order chi connectivity index (χ0) is 16.8. The Kier molecular flexibility index (Phi) is 6.24. The summed E-state index contributed by atoms with van der Waals surface area (Å²) in [6, 6.07) is 11.5. The average molecular weight is 396 g/mol. The molecule has 0 unspecified atom stereocenters. The van der Waals surface area contributed by atoms with Crippen molar-refractivity contribution >= 4 is 44.8 Å². The normalized spacial score (nSPS) is 10.2. The maximum Gasteiger partial charge on any atom is 0.255 e. The van der Waals surface area contributed by atoms with Crippen molar-refractivity contribution in [3.05, 3.63) is 63.9 Å². The first-order valence-electron chi connectivity index (χ1n) is 7.01. The Morgan fingerprint density at radius 3 is 2.65 bits per heavy atom. The molecule has 0 heterocycles. The van der Waals surface area contributed by atoms with Gasteiger partial charge in [0.25, 0.3) is 5.91 Å². The van der Waals surface area contributed by atoms with E-state index in [0.29, 0.717) is 28.1 Å². The van der Waals surface area contributed by atoms with E-state index in [2.05, 4.69) is 21.2 Å². The molecule has 0 aliphatic carbocycles. The Hall–Kier alpha value is -1.79. The molecule has 0 aliphatic heterocycles. The fourth-order valence-electron chi connectivity index (χ4n) is 1.98. The minimum atomic E-state index is -0.521. The summed E-state index contributed by atoms with van der Waals surface area (Å²) < 4.78 is 19.9. The van der Waals surface area contributed by atoms with Crippen molar-refractivity contribution in [2.45, 2.75) is 13.3 Å². The van der Waals surface area contributed by atoms with Gasteiger partial charge in [0.2, 0.25) is 0 Å². The summed E-state index contributed by atoms with van der Waals surface area (Å²) in [5, 5.41) is 3.00. The summed E-state index contributed by atoms with van der Waals surface area (Å²) in [6.07, 6.45) is 0.359. The highest BCUT2D eigenvalue weighted by atomic mass is 79.9. The third kappa shape index (κ3) is 4.84. The van der Waals surface area contributed by atoms with Crippen LogP contribution in [0.25, 0.3) is 0 Å². The SMILES string of the molecule is CCOC(=S)Cc1cc(NC(=O)c2ccccc2)c(F)cc1Br. The van der Waals surface area contributed by atoms with Crippen LogP contribution in [0.3, 0.4) is 0 Å². The van der Waals surface area contributed by atoms with Crippen LogP contribution in [0.1, 0.15) is 22.8 Å². The summed E-state index contributed by atoms with van der Waals surface area (Å²) >= 11 is 8.42. The second-order valence-electron chi connectivity index (χ2n) is 4.73. The smallest absolute Gasteiger partial charge is 0.255 e. The number of hydrogen-bond acceptors (Lipinski definition) is 3. The molecule has 0 bridgehead atoms. The van der Waals surface area contributed by atoms with Crippen LogP contribution < -0.4 is 5.32 Å². The number of carbonyl (C=O) groups excluding carboxylic acids is 1. The van der Waals surface area contributed by atoms with E-state index in [1.807, 2.05) is 13.0 Å². The minimum Gasteiger partial charge on any atom is -0.487 e. The van der Waals surface area contributed by atoms with Crippen molar-refractivity contribution < 1.29 is 13.9 Å². The molecule has 6 heteroatoms. The van der Waals surface area contributed by atoms with Crippen molar-refractivity contribution in [3.63, 3.8) is 0 Å². The van der Waals surface area contributed by atoms with Gasteiger partial charge in [0.1, 0.15) is 5.82 Å². The molecule has 2 aromatic carbocycles. The van der Waals surface area contributed by atoms with Crippen molar-refractivity contribution in [3.8, 4) is 0 Å². The van der Waals surface area contributed by atoms with Gasteiger partial charge in [-0.05, 0) is 49.0 Å². The standard InChI is InChI=1S/C17H15BrFNO2S/c1-2-22-16(23)9-12-8-15(14(19)10-13(12)18)20-17(21)11-6-4-3-5-7-11/h3-8,10H,2,9H2,1H3,(H,20,21). The minimum absolute atomic E-state index is 0.108. The largest absolute Gasteiger partial charge is 0.487 e. The molecule has 0 saturated carbocycles.